The lowest BCUT2D eigenvalue weighted by molar-refractivity contribution is -0.132. The van der Waals surface area contributed by atoms with Gasteiger partial charge in [0.15, 0.2) is 6.61 Å². The monoisotopic (exact) mass is 292 g/mol. The molecule has 0 fully saturated rings. The second-order valence-corrected chi connectivity index (χ2v) is 6.07. The number of likely N-dealkylation sites (N-methyl/N-ethyl adjacent to an activating group) is 1. The molecule has 1 amide bonds. The molecule has 4 nitrogen and oxygen atoms in total. The quantitative estimate of drug-likeness (QED) is 0.840. The fourth-order valence-electron chi connectivity index (χ4n) is 1.91. The van der Waals surface area contributed by atoms with E-state index in [4.69, 9.17) is 10.5 Å². The Morgan fingerprint density at radius 3 is 2.62 bits per heavy atom. The third-order valence-corrected chi connectivity index (χ3v) is 3.77. The Labute approximate surface area is 128 Å². The summed E-state index contributed by atoms with van der Waals surface area (Å²) >= 11 is 0. The summed E-state index contributed by atoms with van der Waals surface area (Å²) in [4.78, 5) is 13.7. The van der Waals surface area contributed by atoms with E-state index in [0.717, 1.165) is 23.3 Å². The molecule has 0 aromatic heterocycles. The van der Waals surface area contributed by atoms with Gasteiger partial charge in [-0.15, -0.1) is 0 Å². The molecule has 2 N–H and O–H groups in total. The summed E-state index contributed by atoms with van der Waals surface area (Å²) in [5.41, 5.74) is 8.16. The van der Waals surface area contributed by atoms with E-state index in [1.54, 1.807) is 11.9 Å². The van der Waals surface area contributed by atoms with Gasteiger partial charge in [0.2, 0.25) is 0 Å². The summed E-state index contributed by atoms with van der Waals surface area (Å²) in [6.45, 7) is 8.90. The molecule has 21 heavy (non-hydrogen) atoms. The highest BCUT2D eigenvalue weighted by molar-refractivity contribution is 5.77. The normalized spacial score (nSPS) is 12.3. The van der Waals surface area contributed by atoms with E-state index in [9.17, 15) is 4.79 Å². The zero-order chi connectivity index (χ0) is 16.0. The van der Waals surface area contributed by atoms with Crippen molar-refractivity contribution < 1.29 is 9.53 Å². The van der Waals surface area contributed by atoms with E-state index in [1.807, 2.05) is 32.0 Å². The molecular formula is C17H28N2O2. The van der Waals surface area contributed by atoms with E-state index >= 15 is 0 Å². The molecule has 0 spiro atoms. The summed E-state index contributed by atoms with van der Waals surface area (Å²) in [6.07, 6.45) is 0.809. The maximum Gasteiger partial charge on any atom is 0.260 e. The zero-order valence-electron chi connectivity index (χ0n) is 13.8. The topological polar surface area (TPSA) is 55.6 Å². The molecule has 0 heterocycles. The lowest BCUT2D eigenvalue weighted by atomic mass is 10.0. The largest absolute Gasteiger partial charge is 0.483 e. The minimum Gasteiger partial charge on any atom is -0.483 e. The third-order valence-electron chi connectivity index (χ3n) is 3.77. The van der Waals surface area contributed by atoms with Crippen LogP contribution in [0.3, 0.4) is 0 Å². The van der Waals surface area contributed by atoms with Gasteiger partial charge >= 0.3 is 0 Å². The summed E-state index contributed by atoms with van der Waals surface area (Å²) in [7, 11) is 1.79. The van der Waals surface area contributed by atoms with Crippen LogP contribution in [0.25, 0.3) is 0 Å². The van der Waals surface area contributed by atoms with E-state index in [-0.39, 0.29) is 18.6 Å². The molecule has 1 rings (SSSR count). The molecular weight excluding hydrogens is 264 g/mol. The van der Waals surface area contributed by atoms with Crippen LogP contribution in [0.5, 0.6) is 5.75 Å². The zero-order valence-corrected chi connectivity index (χ0v) is 13.8. The SMILES string of the molecule is Cc1ccc(C)c(OCC(=O)N(C)CCC(N)C(C)C)c1. The van der Waals surface area contributed by atoms with Gasteiger partial charge in [-0.05, 0) is 43.4 Å². The van der Waals surface area contributed by atoms with Gasteiger partial charge in [-0.1, -0.05) is 26.0 Å². The van der Waals surface area contributed by atoms with Gasteiger partial charge in [-0.3, -0.25) is 4.79 Å². The van der Waals surface area contributed by atoms with Crippen molar-refractivity contribution in [3.63, 3.8) is 0 Å². The predicted molar refractivity (Wildman–Crippen MR) is 86.5 cm³/mol. The van der Waals surface area contributed by atoms with Gasteiger partial charge in [0.25, 0.3) is 5.91 Å². The molecule has 0 aliphatic rings. The van der Waals surface area contributed by atoms with Gasteiger partial charge in [0, 0.05) is 19.6 Å². The van der Waals surface area contributed by atoms with Crippen molar-refractivity contribution in [2.45, 2.75) is 40.2 Å². The number of nitrogens with two attached hydrogens (primary N) is 1. The smallest absolute Gasteiger partial charge is 0.260 e. The molecule has 1 aromatic rings. The average Bonchev–Trinajstić information content (AvgIpc) is 2.44. The van der Waals surface area contributed by atoms with Crippen molar-refractivity contribution in [3.8, 4) is 5.75 Å². The second-order valence-electron chi connectivity index (χ2n) is 6.07. The van der Waals surface area contributed by atoms with Crippen molar-refractivity contribution in [2.75, 3.05) is 20.2 Å². The first-order chi connectivity index (χ1) is 9.81. The second kappa shape index (κ2) is 8.03. The van der Waals surface area contributed by atoms with E-state index in [0.29, 0.717) is 12.5 Å². The molecule has 4 heteroatoms. The fraction of sp³-hybridized carbons (Fsp3) is 0.588. The van der Waals surface area contributed by atoms with Crippen LogP contribution in [0, 0.1) is 19.8 Å². The fourth-order valence-corrected chi connectivity index (χ4v) is 1.91. The maximum absolute atomic E-state index is 12.1. The number of carbonyl (C=O) groups excluding carboxylic acids is 1. The van der Waals surface area contributed by atoms with Crippen LogP contribution >= 0.6 is 0 Å². The van der Waals surface area contributed by atoms with Crippen LogP contribution in [0.2, 0.25) is 0 Å². The Morgan fingerprint density at radius 1 is 1.33 bits per heavy atom. The van der Waals surface area contributed by atoms with E-state index in [1.165, 1.54) is 0 Å². The molecule has 118 valence electrons. The molecule has 0 radical (unpaired) electrons. The molecule has 0 saturated heterocycles. The number of rotatable bonds is 7. The molecule has 0 aliphatic carbocycles. The summed E-state index contributed by atoms with van der Waals surface area (Å²) in [5, 5.41) is 0. The summed E-state index contributed by atoms with van der Waals surface area (Å²) in [6, 6.07) is 6.11. The first-order valence-corrected chi connectivity index (χ1v) is 7.51. The third kappa shape index (κ3) is 5.76. The number of carbonyl (C=O) groups is 1. The molecule has 1 unspecified atom stereocenters. The predicted octanol–water partition coefficient (Wildman–Crippen LogP) is 2.51. The highest BCUT2D eigenvalue weighted by atomic mass is 16.5. The average molecular weight is 292 g/mol. The Kier molecular flexibility index (Phi) is 6.69. The molecule has 0 saturated carbocycles. The van der Waals surface area contributed by atoms with Gasteiger partial charge in [-0.25, -0.2) is 0 Å². The van der Waals surface area contributed by atoms with Crippen molar-refractivity contribution in [2.24, 2.45) is 11.7 Å². The first-order valence-electron chi connectivity index (χ1n) is 7.51. The Hall–Kier alpha value is -1.55. The van der Waals surface area contributed by atoms with Crippen LogP contribution in [0.1, 0.15) is 31.4 Å². The lowest BCUT2D eigenvalue weighted by Gasteiger charge is -2.21. The van der Waals surface area contributed by atoms with Crippen molar-refractivity contribution >= 4 is 5.91 Å². The number of aryl methyl sites for hydroxylation is 2. The van der Waals surface area contributed by atoms with Gasteiger partial charge < -0.3 is 15.4 Å². The number of ether oxygens (including phenoxy) is 1. The highest BCUT2D eigenvalue weighted by Crippen LogP contribution is 2.19. The first kappa shape index (κ1) is 17.5. The van der Waals surface area contributed by atoms with Gasteiger partial charge in [-0.2, -0.15) is 0 Å². The van der Waals surface area contributed by atoms with Crippen molar-refractivity contribution in [3.05, 3.63) is 29.3 Å². The van der Waals surface area contributed by atoms with E-state index < -0.39 is 0 Å². The number of amides is 1. The Balaban J connectivity index is 2.44. The standard InChI is InChI=1S/C17H28N2O2/c1-12(2)15(18)8-9-19(5)17(20)11-21-16-10-13(3)6-7-14(16)4/h6-7,10,12,15H,8-9,11,18H2,1-5H3. The van der Waals surface area contributed by atoms with Crippen LogP contribution < -0.4 is 10.5 Å². The molecule has 1 aromatic carbocycles. The van der Waals surface area contributed by atoms with Crippen LogP contribution in [0.15, 0.2) is 18.2 Å². The van der Waals surface area contributed by atoms with Crippen LogP contribution in [0.4, 0.5) is 0 Å². The van der Waals surface area contributed by atoms with Crippen molar-refractivity contribution in [1.82, 2.24) is 4.90 Å². The minimum atomic E-state index is -0.0214. The summed E-state index contributed by atoms with van der Waals surface area (Å²) < 4.78 is 5.63. The van der Waals surface area contributed by atoms with Crippen LogP contribution in [-0.2, 0) is 4.79 Å². The van der Waals surface area contributed by atoms with E-state index in [2.05, 4.69) is 13.8 Å². The molecule has 1 atom stereocenters. The van der Waals surface area contributed by atoms with Crippen molar-refractivity contribution in [1.29, 1.82) is 0 Å². The van der Waals surface area contributed by atoms with Gasteiger partial charge in [0.05, 0.1) is 0 Å². The number of nitrogens with zero attached hydrogens (tertiary/aromatic N) is 1. The minimum absolute atomic E-state index is 0.0214. The molecule has 0 aliphatic heterocycles. The summed E-state index contributed by atoms with van der Waals surface area (Å²) in [5.74, 6) is 1.18. The van der Waals surface area contributed by atoms with Crippen LogP contribution in [-0.4, -0.2) is 37.0 Å². The van der Waals surface area contributed by atoms with Gasteiger partial charge in [0.1, 0.15) is 5.75 Å². The number of hydrogen-bond donors (Lipinski definition) is 1. The molecule has 0 bridgehead atoms. The number of benzene rings is 1. The lowest BCUT2D eigenvalue weighted by Crippen LogP contribution is -2.36. The Bertz CT molecular complexity index is 472. The Morgan fingerprint density at radius 2 is 2.00 bits per heavy atom. The number of hydrogen-bond acceptors (Lipinski definition) is 3. The maximum atomic E-state index is 12.1. The highest BCUT2D eigenvalue weighted by Gasteiger charge is 2.13.